The number of carbonyl (C=O) groups excluding carboxylic acids is 1. The van der Waals surface area contributed by atoms with Crippen LogP contribution in [0.2, 0.25) is 0 Å². The molecule has 0 aromatic heterocycles. The molecule has 5 heteroatoms. The average Bonchev–Trinajstić information content (AvgIpc) is 2.40. The van der Waals surface area contributed by atoms with Crippen LogP contribution in [0.3, 0.4) is 0 Å². The molecule has 0 saturated heterocycles. The van der Waals surface area contributed by atoms with Gasteiger partial charge in [0.25, 0.3) is 0 Å². The normalized spacial score (nSPS) is 11.1. The lowest BCUT2D eigenvalue weighted by molar-refractivity contribution is -0.138. The SMILES string of the molecule is CCOC(=O)C(C#N)=C(C)Nc1ccc(OC)cc1. The lowest BCUT2D eigenvalue weighted by Crippen LogP contribution is -2.11. The molecule has 0 atom stereocenters. The van der Waals surface area contributed by atoms with Gasteiger partial charge in [-0.05, 0) is 38.1 Å². The highest BCUT2D eigenvalue weighted by Gasteiger charge is 2.13. The zero-order valence-electron chi connectivity index (χ0n) is 11.2. The van der Waals surface area contributed by atoms with Crippen LogP contribution in [-0.2, 0) is 9.53 Å². The maximum atomic E-state index is 11.5. The first-order valence-electron chi connectivity index (χ1n) is 5.81. The molecule has 0 aliphatic rings. The van der Waals surface area contributed by atoms with Gasteiger partial charge < -0.3 is 14.8 Å². The van der Waals surface area contributed by atoms with Crippen molar-refractivity contribution in [2.24, 2.45) is 0 Å². The number of anilines is 1. The number of ether oxygens (including phenoxy) is 2. The van der Waals surface area contributed by atoms with Gasteiger partial charge in [0.05, 0.1) is 13.7 Å². The lowest BCUT2D eigenvalue weighted by atomic mass is 10.2. The molecular formula is C14H16N2O3. The Morgan fingerprint density at radius 1 is 1.37 bits per heavy atom. The van der Waals surface area contributed by atoms with Crippen LogP contribution >= 0.6 is 0 Å². The van der Waals surface area contributed by atoms with Crippen molar-refractivity contribution in [1.82, 2.24) is 0 Å². The molecule has 0 aliphatic carbocycles. The van der Waals surface area contributed by atoms with E-state index in [0.29, 0.717) is 5.70 Å². The van der Waals surface area contributed by atoms with Crippen LogP contribution in [0.4, 0.5) is 5.69 Å². The molecule has 0 fully saturated rings. The Morgan fingerprint density at radius 3 is 2.47 bits per heavy atom. The van der Waals surface area contributed by atoms with E-state index in [1.54, 1.807) is 45.2 Å². The van der Waals surface area contributed by atoms with Gasteiger partial charge in [-0.3, -0.25) is 0 Å². The van der Waals surface area contributed by atoms with Gasteiger partial charge in [0, 0.05) is 11.4 Å². The van der Waals surface area contributed by atoms with Crippen molar-refractivity contribution < 1.29 is 14.3 Å². The van der Waals surface area contributed by atoms with Crippen LogP contribution in [0.25, 0.3) is 0 Å². The van der Waals surface area contributed by atoms with Crippen molar-refractivity contribution in [1.29, 1.82) is 5.26 Å². The number of methoxy groups -OCH3 is 1. The predicted octanol–water partition coefficient (Wildman–Crippen LogP) is 2.47. The van der Waals surface area contributed by atoms with Crippen molar-refractivity contribution in [2.75, 3.05) is 19.0 Å². The molecule has 100 valence electrons. The van der Waals surface area contributed by atoms with Crippen LogP contribution < -0.4 is 10.1 Å². The zero-order chi connectivity index (χ0) is 14.3. The van der Waals surface area contributed by atoms with E-state index in [-0.39, 0.29) is 12.2 Å². The van der Waals surface area contributed by atoms with Gasteiger partial charge >= 0.3 is 5.97 Å². The Kier molecular flexibility index (Phi) is 5.42. The summed E-state index contributed by atoms with van der Waals surface area (Å²) in [7, 11) is 1.59. The molecule has 1 aromatic rings. The van der Waals surface area contributed by atoms with Gasteiger partial charge in [0.1, 0.15) is 11.8 Å². The van der Waals surface area contributed by atoms with Gasteiger partial charge in [-0.25, -0.2) is 4.79 Å². The molecule has 1 N–H and O–H groups in total. The Labute approximate surface area is 112 Å². The van der Waals surface area contributed by atoms with Crippen molar-refractivity contribution >= 4 is 11.7 Å². The van der Waals surface area contributed by atoms with Crippen molar-refractivity contribution in [3.05, 3.63) is 35.5 Å². The number of allylic oxidation sites excluding steroid dienone is 1. The van der Waals surface area contributed by atoms with E-state index in [2.05, 4.69) is 5.32 Å². The molecule has 0 spiro atoms. The second-order valence-corrected chi connectivity index (χ2v) is 3.69. The number of nitriles is 1. The average molecular weight is 260 g/mol. The lowest BCUT2D eigenvalue weighted by Gasteiger charge is -2.09. The molecule has 0 saturated carbocycles. The Bertz CT molecular complexity index is 512. The second-order valence-electron chi connectivity index (χ2n) is 3.69. The first kappa shape index (κ1) is 14.6. The summed E-state index contributed by atoms with van der Waals surface area (Å²) >= 11 is 0. The summed E-state index contributed by atoms with van der Waals surface area (Å²) in [6.45, 7) is 3.58. The van der Waals surface area contributed by atoms with Gasteiger partial charge in [0.15, 0.2) is 5.57 Å². The van der Waals surface area contributed by atoms with Crippen LogP contribution in [0.5, 0.6) is 5.75 Å². The molecule has 5 nitrogen and oxygen atoms in total. The maximum Gasteiger partial charge on any atom is 0.350 e. The van der Waals surface area contributed by atoms with Crippen molar-refractivity contribution in [3.63, 3.8) is 0 Å². The van der Waals surface area contributed by atoms with Gasteiger partial charge in [-0.1, -0.05) is 0 Å². The van der Waals surface area contributed by atoms with Gasteiger partial charge in [-0.2, -0.15) is 5.26 Å². The van der Waals surface area contributed by atoms with E-state index in [0.717, 1.165) is 11.4 Å². The Balaban J connectivity index is 2.88. The molecular weight excluding hydrogens is 244 g/mol. The maximum absolute atomic E-state index is 11.5. The van der Waals surface area contributed by atoms with E-state index >= 15 is 0 Å². The first-order chi connectivity index (χ1) is 9.12. The number of hydrogen-bond donors (Lipinski definition) is 1. The summed E-state index contributed by atoms with van der Waals surface area (Å²) in [5, 5.41) is 12.0. The standard InChI is InChI=1S/C14H16N2O3/c1-4-19-14(17)13(9-15)10(2)16-11-5-7-12(18-3)8-6-11/h5-8,16H,4H2,1-3H3. The van der Waals surface area contributed by atoms with E-state index in [1.165, 1.54) is 0 Å². The van der Waals surface area contributed by atoms with Crippen LogP contribution in [0.15, 0.2) is 35.5 Å². The minimum atomic E-state index is -0.622. The third kappa shape index (κ3) is 4.03. The largest absolute Gasteiger partial charge is 0.497 e. The minimum absolute atomic E-state index is 0.0299. The molecule has 1 aromatic carbocycles. The van der Waals surface area contributed by atoms with Crippen LogP contribution in [-0.4, -0.2) is 19.7 Å². The second kappa shape index (κ2) is 7.07. The van der Waals surface area contributed by atoms with Crippen LogP contribution in [0, 0.1) is 11.3 Å². The summed E-state index contributed by atoms with van der Waals surface area (Å²) in [5.74, 6) is 0.113. The highest BCUT2D eigenvalue weighted by Crippen LogP contribution is 2.17. The van der Waals surface area contributed by atoms with Crippen molar-refractivity contribution in [2.45, 2.75) is 13.8 Å². The third-order valence-corrected chi connectivity index (χ3v) is 2.39. The van der Waals surface area contributed by atoms with Crippen LogP contribution in [0.1, 0.15) is 13.8 Å². The minimum Gasteiger partial charge on any atom is -0.497 e. The van der Waals surface area contributed by atoms with Gasteiger partial charge in [-0.15, -0.1) is 0 Å². The third-order valence-electron chi connectivity index (χ3n) is 2.39. The van der Waals surface area contributed by atoms with E-state index in [1.807, 2.05) is 6.07 Å². The number of hydrogen-bond acceptors (Lipinski definition) is 5. The van der Waals surface area contributed by atoms with E-state index < -0.39 is 5.97 Å². The molecule has 1 rings (SSSR count). The summed E-state index contributed by atoms with van der Waals surface area (Å²) < 4.78 is 9.86. The van der Waals surface area contributed by atoms with Crippen molar-refractivity contribution in [3.8, 4) is 11.8 Å². The molecule has 0 aliphatic heterocycles. The smallest absolute Gasteiger partial charge is 0.350 e. The molecule has 0 bridgehead atoms. The number of esters is 1. The predicted molar refractivity (Wildman–Crippen MR) is 71.6 cm³/mol. The quantitative estimate of drug-likeness (QED) is 0.500. The summed E-state index contributed by atoms with van der Waals surface area (Å²) in [5.41, 5.74) is 1.18. The summed E-state index contributed by atoms with van der Waals surface area (Å²) in [6.07, 6.45) is 0. The first-order valence-corrected chi connectivity index (χ1v) is 5.81. The van der Waals surface area contributed by atoms with E-state index in [4.69, 9.17) is 14.7 Å². The highest BCUT2D eigenvalue weighted by molar-refractivity contribution is 5.94. The monoisotopic (exact) mass is 260 g/mol. The number of nitrogens with one attached hydrogen (secondary N) is 1. The number of rotatable bonds is 5. The number of nitrogens with zero attached hydrogens (tertiary/aromatic N) is 1. The van der Waals surface area contributed by atoms with Gasteiger partial charge in [0.2, 0.25) is 0 Å². The molecule has 0 heterocycles. The summed E-state index contributed by atoms with van der Waals surface area (Å²) in [4.78, 5) is 11.5. The fourth-order valence-corrected chi connectivity index (χ4v) is 1.44. The van der Waals surface area contributed by atoms with E-state index in [9.17, 15) is 4.79 Å². The Hall–Kier alpha value is -2.48. The molecule has 0 unspecified atom stereocenters. The molecule has 19 heavy (non-hydrogen) atoms. The number of carbonyl (C=O) groups is 1. The Morgan fingerprint density at radius 2 is 2.00 bits per heavy atom. The highest BCUT2D eigenvalue weighted by atomic mass is 16.5. The topological polar surface area (TPSA) is 71.4 Å². The molecule has 0 radical (unpaired) electrons. The molecule has 0 amide bonds. The number of benzene rings is 1. The fraction of sp³-hybridized carbons (Fsp3) is 0.286. The fourth-order valence-electron chi connectivity index (χ4n) is 1.44. The zero-order valence-corrected chi connectivity index (χ0v) is 11.2. The summed E-state index contributed by atoms with van der Waals surface area (Å²) in [6, 6.07) is 9.00.